The Balaban J connectivity index is 0.00000261. The van der Waals surface area contributed by atoms with Gasteiger partial charge in [-0.25, -0.2) is 8.42 Å². The highest BCUT2D eigenvalue weighted by Crippen LogP contribution is 2.37. The van der Waals surface area contributed by atoms with E-state index in [1.807, 2.05) is 0 Å². The van der Waals surface area contributed by atoms with E-state index in [9.17, 15) is 13.2 Å². The van der Waals surface area contributed by atoms with E-state index in [2.05, 4.69) is 16.8 Å². The van der Waals surface area contributed by atoms with Crippen molar-refractivity contribution in [2.24, 2.45) is 11.1 Å². The zero-order valence-corrected chi connectivity index (χ0v) is 17.7. The Hall–Kier alpha value is -1.16. The minimum atomic E-state index is -3.91. The fourth-order valence-corrected chi connectivity index (χ4v) is 5.92. The van der Waals surface area contributed by atoms with Crippen molar-refractivity contribution in [3.05, 3.63) is 11.5 Å². The van der Waals surface area contributed by atoms with Gasteiger partial charge in [0.1, 0.15) is 16.1 Å². The van der Waals surface area contributed by atoms with Crippen molar-refractivity contribution in [3.63, 3.8) is 0 Å². The molecule has 2 fully saturated rings. The zero-order valence-electron chi connectivity index (χ0n) is 16.1. The van der Waals surface area contributed by atoms with E-state index in [-0.39, 0.29) is 34.4 Å². The summed E-state index contributed by atoms with van der Waals surface area (Å²) in [5.41, 5.74) is 4.96. The molecule has 27 heavy (non-hydrogen) atoms. The highest BCUT2D eigenvalue weighted by atomic mass is 35.5. The van der Waals surface area contributed by atoms with Crippen LogP contribution in [0.25, 0.3) is 0 Å². The lowest BCUT2D eigenvalue weighted by Gasteiger charge is -2.33. The average Bonchev–Trinajstić information content (AvgIpc) is 3.27. The maximum absolute atomic E-state index is 13.3. The molecule has 2 heterocycles. The number of amides is 1. The lowest BCUT2D eigenvalue weighted by Crippen LogP contribution is -2.58. The van der Waals surface area contributed by atoms with Crippen LogP contribution in [0, 0.1) is 19.3 Å². The molecule has 1 saturated carbocycles. The van der Waals surface area contributed by atoms with E-state index in [1.165, 1.54) is 0 Å². The Morgan fingerprint density at radius 3 is 2.41 bits per heavy atom. The number of carbonyl (C=O) groups excluding carboxylic acids is 1. The van der Waals surface area contributed by atoms with E-state index in [0.29, 0.717) is 38.2 Å². The molecule has 0 aromatic carbocycles. The van der Waals surface area contributed by atoms with E-state index in [1.54, 1.807) is 18.7 Å². The van der Waals surface area contributed by atoms with Crippen LogP contribution in [-0.4, -0.2) is 49.6 Å². The highest BCUT2D eigenvalue weighted by molar-refractivity contribution is 7.89. The van der Waals surface area contributed by atoms with Crippen molar-refractivity contribution in [2.45, 2.75) is 63.3 Å². The Kier molecular flexibility index (Phi) is 6.31. The molecule has 1 aromatic rings. The molecule has 8 nitrogen and oxygen atoms in total. The molecule has 2 aliphatic rings. The van der Waals surface area contributed by atoms with Crippen LogP contribution < -0.4 is 10.5 Å². The molecule has 1 aliphatic heterocycles. The van der Waals surface area contributed by atoms with Gasteiger partial charge in [0.2, 0.25) is 15.9 Å². The molecule has 3 N–H and O–H groups in total. The minimum absolute atomic E-state index is 0. The van der Waals surface area contributed by atoms with Crippen molar-refractivity contribution in [1.29, 1.82) is 0 Å². The molecule has 1 amide bonds. The molecule has 0 spiro atoms. The standard InChI is InChI=1S/C17H28N4O4S.ClH/c1-12-14(13(2)25-19-12)26(23,24)20-17(6-4-5-7-17)15(22)21-9-8-16(3,10-18)11-21;/h20H,4-11,18H2,1-3H3;1H. The van der Waals surface area contributed by atoms with Crippen molar-refractivity contribution < 1.29 is 17.7 Å². The Morgan fingerprint density at radius 2 is 1.93 bits per heavy atom. The van der Waals surface area contributed by atoms with Crippen LogP contribution in [0.3, 0.4) is 0 Å². The van der Waals surface area contributed by atoms with Gasteiger partial charge in [-0.15, -0.1) is 12.4 Å². The molecular weight excluding hydrogens is 392 g/mol. The maximum Gasteiger partial charge on any atom is 0.246 e. The number of aromatic nitrogens is 1. The number of hydrogen-bond donors (Lipinski definition) is 2. The first-order valence-electron chi connectivity index (χ1n) is 9.09. The molecule has 10 heteroatoms. The summed E-state index contributed by atoms with van der Waals surface area (Å²) in [7, 11) is -3.91. The van der Waals surface area contributed by atoms with Gasteiger partial charge in [-0.1, -0.05) is 24.9 Å². The third kappa shape index (κ3) is 4.01. The topological polar surface area (TPSA) is 119 Å². The Morgan fingerprint density at radius 1 is 1.30 bits per heavy atom. The number of aryl methyl sites for hydroxylation is 2. The predicted molar refractivity (Wildman–Crippen MR) is 103 cm³/mol. The normalized spacial score (nSPS) is 24.8. The van der Waals surface area contributed by atoms with Crippen LogP contribution in [0.4, 0.5) is 0 Å². The van der Waals surface area contributed by atoms with Crippen molar-refractivity contribution in [2.75, 3.05) is 19.6 Å². The average molecular weight is 421 g/mol. The second-order valence-electron chi connectivity index (χ2n) is 8.04. The number of rotatable bonds is 5. The summed E-state index contributed by atoms with van der Waals surface area (Å²) in [6.07, 6.45) is 3.48. The third-order valence-electron chi connectivity index (χ3n) is 5.77. The number of likely N-dealkylation sites (tertiary alicyclic amines) is 1. The number of nitrogens with two attached hydrogens (primary N) is 1. The van der Waals surface area contributed by atoms with E-state index >= 15 is 0 Å². The minimum Gasteiger partial charge on any atom is -0.360 e. The molecule has 1 unspecified atom stereocenters. The fourth-order valence-electron chi connectivity index (χ4n) is 4.17. The second kappa shape index (κ2) is 7.69. The summed E-state index contributed by atoms with van der Waals surface area (Å²) in [5, 5.41) is 3.73. The number of halogens is 1. The number of nitrogens with zero attached hydrogens (tertiary/aromatic N) is 2. The summed E-state index contributed by atoms with van der Waals surface area (Å²) >= 11 is 0. The van der Waals surface area contributed by atoms with E-state index < -0.39 is 15.6 Å². The number of carbonyl (C=O) groups is 1. The molecule has 3 rings (SSSR count). The number of nitrogens with one attached hydrogen (secondary N) is 1. The summed E-state index contributed by atoms with van der Waals surface area (Å²) < 4.78 is 33.7. The van der Waals surface area contributed by atoms with Crippen LogP contribution in [-0.2, 0) is 14.8 Å². The van der Waals surface area contributed by atoms with Crippen LogP contribution >= 0.6 is 12.4 Å². The molecule has 1 atom stereocenters. The van der Waals surface area contributed by atoms with E-state index in [4.69, 9.17) is 10.3 Å². The first kappa shape index (κ1) is 22.1. The lowest BCUT2D eigenvalue weighted by atomic mass is 9.90. The second-order valence-corrected chi connectivity index (χ2v) is 9.66. The molecule has 0 radical (unpaired) electrons. The van der Waals surface area contributed by atoms with E-state index in [0.717, 1.165) is 19.3 Å². The van der Waals surface area contributed by atoms with Crippen molar-refractivity contribution in [3.8, 4) is 0 Å². The third-order valence-corrected chi connectivity index (χ3v) is 7.55. The Bertz CT molecular complexity index is 784. The monoisotopic (exact) mass is 420 g/mol. The highest BCUT2D eigenvalue weighted by Gasteiger charge is 2.49. The van der Waals surface area contributed by atoms with Crippen LogP contribution in [0.1, 0.15) is 50.5 Å². The van der Waals surface area contributed by atoms with Crippen molar-refractivity contribution in [1.82, 2.24) is 14.8 Å². The molecule has 154 valence electrons. The smallest absolute Gasteiger partial charge is 0.246 e. The van der Waals surface area contributed by atoms with Gasteiger partial charge in [0.05, 0.1) is 0 Å². The molecule has 0 bridgehead atoms. The maximum atomic E-state index is 13.3. The fraction of sp³-hybridized carbons (Fsp3) is 0.765. The first-order valence-corrected chi connectivity index (χ1v) is 10.6. The van der Waals surface area contributed by atoms with Gasteiger partial charge < -0.3 is 15.2 Å². The van der Waals surface area contributed by atoms with Gasteiger partial charge >= 0.3 is 0 Å². The van der Waals surface area contributed by atoms with Gasteiger partial charge in [-0.05, 0) is 45.1 Å². The first-order chi connectivity index (χ1) is 12.1. The molecular formula is C17H29ClN4O4S. The van der Waals surface area contributed by atoms with Crippen LogP contribution in [0.2, 0.25) is 0 Å². The van der Waals surface area contributed by atoms with Crippen LogP contribution in [0.5, 0.6) is 0 Å². The lowest BCUT2D eigenvalue weighted by molar-refractivity contribution is -0.136. The summed E-state index contributed by atoms with van der Waals surface area (Å²) in [6, 6.07) is 0. The van der Waals surface area contributed by atoms with Gasteiger partial charge in [-0.2, -0.15) is 4.72 Å². The quantitative estimate of drug-likeness (QED) is 0.745. The molecule has 1 aliphatic carbocycles. The summed E-state index contributed by atoms with van der Waals surface area (Å²) in [4.78, 5) is 15.1. The Labute approximate surface area is 166 Å². The van der Waals surface area contributed by atoms with Crippen molar-refractivity contribution >= 4 is 28.3 Å². The van der Waals surface area contributed by atoms with Crippen LogP contribution in [0.15, 0.2) is 9.42 Å². The van der Waals surface area contributed by atoms with Gasteiger partial charge in [0.15, 0.2) is 5.76 Å². The largest absolute Gasteiger partial charge is 0.360 e. The van der Waals surface area contributed by atoms with Gasteiger partial charge in [0, 0.05) is 13.1 Å². The summed E-state index contributed by atoms with van der Waals surface area (Å²) in [5.74, 6) is 0.0926. The van der Waals surface area contributed by atoms with Gasteiger partial charge in [0.25, 0.3) is 0 Å². The number of sulfonamides is 1. The van der Waals surface area contributed by atoms with Gasteiger partial charge in [-0.3, -0.25) is 4.79 Å². The molecule has 1 saturated heterocycles. The molecule has 1 aromatic heterocycles. The predicted octanol–water partition coefficient (Wildman–Crippen LogP) is 1.50. The SMILES string of the molecule is Cc1noc(C)c1S(=O)(=O)NC1(C(=O)N2CCC(C)(CN)C2)CCCC1.Cl. The summed E-state index contributed by atoms with van der Waals surface area (Å²) in [6.45, 7) is 6.90. The zero-order chi connectivity index (χ0) is 19.2. The number of hydrogen-bond acceptors (Lipinski definition) is 6.